The summed E-state index contributed by atoms with van der Waals surface area (Å²) < 4.78 is 4.80. The minimum atomic E-state index is -0.449. The van der Waals surface area contributed by atoms with E-state index in [0.29, 0.717) is 36.9 Å². The molecular weight excluding hydrogens is 256 g/mol. The van der Waals surface area contributed by atoms with Crippen molar-refractivity contribution in [3.8, 4) is 0 Å². The number of hydrogen-bond acceptors (Lipinski definition) is 5. The van der Waals surface area contributed by atoms with Gasteiger partial charge in [-0.3, -0.25) is 4.79 Å². The van der Waals surface area contributed by atoms with Crippen molar-refractivity contribution < 1.29 is 14.3 Å². The number of esters is 1. The summed E-state index contributed by atoms with van der Waals surface area (Å²) in [6.45, 7) is 2.80. The van der Waals surface area contributed by atoms with E-state index in [9.17, 15) is 9.59 Å². The summed E-state index contributed by atoms with van der Waals surface area (Å²) in [4.78, 5) is 27.1. The van der Waals surface area contributed by atoms with Crippen molar-refractivity contribution in [3.63, 3.8) is 0 Å². The number of ether oxygens (including phenoxy) is 1. The number of hydrogen-bond donors (Lipinski definition) is 0. The third-order valence-electron chi connectivity index (χ3n) is 2.14. The van der Waals surface area contributed by atoms with Crippen LogP contribution in [0.1, 0.15) is 13.3 Å². The Morgan fingerprint density at radius 2 is 2.50 bits per heavy atom. The van der Waals surface area contributed by atoms with Gasteiger partial charge in [-0.2, -0.15) is 0 Å². The van der Waals surface area contributed by atoms with Gasteiger partial charge in [0.05, 0.1) is 23.5 Å². The van der Waals surface area contributed by atoms with Crippen LogP contribution in [0.2, 0.25) is 0 Å². The second-order valence-electron chi connectivity index (χ2n) is 3.38. The van der Waals surface area contributed by atoms with Crippen LogP contribution in [0.4, 0.5) is 0 Å². The first-order valence-electron chi connectivity index (χ1n) is 5.51. The van der Waals surface area contributed by atoms with Crippen LogP contribution in [0.15, 0.2) is 16.2 Å². The fraction of sp³-hybridized carbons (Fsp3) is 0.600. The van der Waals surface area contributed by atoms with Gasteiger partial charge in [0, 0.05) is 18.0 Å². The Bertz CT molecular complexity index is 404. The van der Waals surface area contributed by atoms with Crippen molar-refractivity contribution in [2.45, 2.75) is 13.3 Å². The highest BCUT2D eigenvalue weighted by Gasteiger charge is 2.26. The first-order valence-corrected chi connectivity index (χ1v) is 6.50. The molecule has 0 aliphatic carbocycles. The van der Waals surface area contributed by atoms with E-state index in [1.807, 2.05) is 0 Å². The zero-order valence-electron chi connectivity index (χ0n) is 10.0. The van der Waals surface area contributed by atoms with Crippen LogP contribution in [0.5, 0.6) is 0 Å². The molecule has 1 amide bonds. The standard InChI is InChI=1S/C10H14N4O3S/c1-2-17-10(16)6-9-14(8(15)7-18-9)5-3-4-12-13-11/h6H,2-5,7H2,1H3/b9-6-. The van der Waals surface area contributed by atoms with Crippen molar-refractivity contribution in [1.82, 2.24) is 4.90 Å². The van der Waals surface area contributed by atoms with Gasteiger partial charge in [-0.15, -0.1) is 0 Å². The Kier molecular flexibility index (Phi) is 6.10. The lowest BCUT2D eigenvalue weighted by Gasteiger charge is -2.15. The predicted molar refractivity (Wildman–Crippen MR) is 67.5 cm³/mol. The molecular formula is C10H14N4O3S. The van der Waals surface area contributed by atoms with E-state index in [-0.39, 0.29) is 5.91 Å². The molecule has 1 fully saturated rings. The van der Waals surface area contributed by atoms with Gasteiger partial charge in [0.25, 0.3) is 0 Å². The van der Waals surface area contributed by atoms with Crippen LogP contribution < -0.4 is 0 Å². The molecule has 0 unspecified atom stereocenters. The first-order chi connectivity index (χ1) is 8.69. The summed E-state index contributed by atoms with van der Waals surface area (Å²) in [5, 5.41) is 3.99. The average Bonchev–Trinajstić information content (AvgIpc) is 2.67. The molecule has 1 aliphatic heterocycles. The van der Waals surface area contributed by atoms with Gasteiger partial charge >= 0.3 is 5.97 Å². The third-order valence-corrected chi connectivity index (χ3v) is 3.17. The number of carbonyl (C=O) groups is 2. The molecule has 7 nitrogen and oxygen atoms in total. The molecule has 1 rings (SSSR count). The van der Waals surface area contributed by atoms with Gasteiger partial charge in [-0.1, -0.05) is 16.9 Å². The third kappa shape index (κ3) is 4.31. The fourth-order valence-corrected chi connectivity index (χ4v) is 2.35. The number of azide groups is 1. The molecule has 1 aliphatic rings. The van der Waals surface area contributed by atoms with Gasteiger partial charge in [0.1, 0.15) is 0 Å². The average molecular weight is 270 g/mol. The highest BCUT2D eigenvalue weighted by molar-refractivity contribution is 8.04. The summed E-state index contributed by atoms with van der Waals surface area (Å²) >= 11 is 1.31. The van der Waals surface area contributed by atoms with Crippen molar-refractivity contribution in [2.75, 3.05) is 25.4 Å². The lowest BCUT2D eigenvalue weighted by Crippen LogP contribution is -2.26. The van der Waals surface area contributed by atoms with Crippen LogP contribution in [0.25, 0.3) is 10.4 Å². The normalized spacial score (nSPS) is 16.8. The van der Waals surface area contributed by atoms with E-state index in [2.05, 4.69) is 10.0 Å². The molecule has 0 aromatic rings. The predicted octanol–water partition coefficient (Wildman–Crippen LogP) is 1.67. The summed E-state index contributed by atoms with van der Waals surface area (Å²) in [7, 11) is 0. The Balaban J connectivity index is 2.58. The summed E-state index contributed by atoms with van der Waals surface area (Å²) in [5.41, 5.74) is 8.14. The van der Waals surface area contributed by atoms with Gasteiger partial charge < -0.3 is 9.64 Å². The van der Waals surface area contributed by atoms with E-state index in [1.165, 1.54) is 22.7 Å². The molecule has 0 aromatic carbocycles. The molecule has 0 atom stereocenters. The zero-order valence-corrected chi connectivity index (χ0v) is 10.9. The minimum absolute atomic E-state index is 0.0449. The highest BCUT2D eigenvalue weighted by atomic mass is 32.2. The topological polar surface area (TPSA) is 95.4 Å². The zero-order chi connectivity index (χ0) is 13.4. The maximum Gasteiger partial charge on any atom is 0.333 e. The van der Waals surface area contributed by atoms with Crippen molar-refractivity contribution in [2.24, 2.45) is 5.11 Å². The fourth-order valence-electron chi connectivity index (χ4n) is 1.40. The lowest BCUT2D eigenvalue weighted by atomic mass is 10.4. The van der Waals surface area contributed by atoms with Crippen molar-refractivity contribution in [1.29, 1.82) is 0 Å². The number of carbonyl (C=O) groups excluding carboxylic acids is 2. The number of thioether (sulfide) groups is 1. The molecule has 1 saturated heterocycles. The van der Waals surface area contributed by atoms with Gasteiger partial charge in [0.15, 0.2) is 0 Å². The van der Waals surface area contributed by atoms with Crippen LogP contribution in [0.3, 0.4) is 0 Å². The highest BCUT2D eigenvalue weighted by Crippen LogP contribution is 2.28. The molecule has 0 saturated carbocycles. The number of amides is 1. The smallest absolute Gasteiger partial charge is 0.333 e. The number of nitrogens with zero attached hydrogens (tertiary/aromatic N) is 4. The maximum absolute atomic E-state index is 11.6. The van der Waals surface area contributed by atoms with E-state index in [0.717, 1.165) is 0 Å². The van der Waals surface area contributed by atoms with Crippen LogP contribution >= 0.6 is 11.8 Å². The number of rotatable bonds is 6. The van der Waals surface area contributed by atoms with Crippen LogP contribution in [0, 0.1) is 0 Å². The second-order valence-corrected chi connectivity index (χ2v) is 4.37. The van der Waals surface area contributed by atoms with E-state index < -0.39 is 5.97 Å². The van der Waals surface area contributed by atoms with Crippen LogP contribution in [-0.2, 0) is 14.3 Å². The minimum Gasteiger partial charge on any atom is -0.463 e. The van der Waals surface area contributed by atoms with Gasteiger partial charge in [-0.25, -0.2) is 4.79 Å². The molecule has 1 heterocycles. The van der Waals surface area contributed by atoms with Crippen molar-refractivity contribution in [3.05, 3.63) is 21.5 Å². The van der Waals surface area contributed by atoms with E-state index in [4.69, 9.17) is 10.3 Å². The van der Waals surface area contributed by atoms with E-state index in [1.54, 1.807) is 6.92 Å². The first kappa shape index (κ1) is 14.4. The Labute approximate surface area is 109 Å². The summed E-state index contributed by atoms with van der Waals surface area (Å²) in [5.74, 6) is -0.168. The van der Waals surface area contributed by atoms with Crippen LogP contribution in [-0.4, -0.2) is 42.2 Å². The molecule has 98 valence electrons. The molecule has 0 bridgehead atoms. The van der Waals surface area contributed by atoms with Gasteiger partial charge in [0.2, 0.25) is 5.91 Å². The SMILES string of the molecule is CCOC(=O)/C=C1\SCC(=O)N1CCCN=[N+]=[N-]. The molecule has 0 aromatic heterocycles. The largest absolute Gasteiger partial charge is 0.463 e. The monoisotopic (exact) mass is 270 g/mol. The Hall–Kier alpha value is -1.66. The Morgan fingerprint density at radius 1 is 1.72 bits per heavy atom. The molecule has 0 N–H and O–H groups in total. The maximum atomic E-state index is 11.6. The molecule has 8 heteroatoms. The molecule has 0 spiro atoms. The summed E-state index contributed by atoms with van der Waals surface area (Å²) in [6.07, 6.45) is 1.89. The molecule has 18 heavy (non-hydrogen) atoms. The second kappa shape index (κ2) is 7.62. The quantitative estimate of drug-likeness (QED) is 0.183. The Morgan fingerprint density at radius 3 is 3.17 bits per heavy atom. The summed E-state index contributed by atoms with van der Waals surface area (Å²) in [6, 6.07) is 0. The van der Waals surface area contributed by atoms with Gasteiger partial charge in [-0.05, 0) is 18.9 Å². The molecule has 0 radical (unpaired) electrons. The van der Waals surface area contributed by atoms with E-state index >= 15 is 0 Å². The van der Waals surface area contributed by atoms with Crippen molar-refractivity contribution >= 4 is 23.6 Å². The lowest BCUT2D eigenvalue weighted by molar-refractivity contribution is -0.137.